The first-order valence-electron chi connectivity index (χ1n) is 8.75. The molecule has 0 aliphatic heterocycles. The molecule has 4 aromatic rings. The summed E-state index contributed by atoms with van der Waals surface area (Å²) in [6.07, 6.45) is 3.51. The van der Waals surface area contributed by atoms with E-state index in [1.807, 2.05) is 43.3 Å². The molecule has 0 bridgehead atoms. The Morgan fingerprint density at radius 3 is 2.48 bits per heavy atom. The van der Waals surface area contributed by atoms with Crippen LogP contribution >= 0.6 is 22.9 Å². The summed E-state index contributed by atoms with van der Waals surface area (Å²) in [7, 11) is 0. The number of hydrogen-bond donors (Lipinski definition) is 1. The third-order valence-electron chi connectivity index (χ3n) is 4.51. The van der Waals surface area contributed by atoms with Gasteiger partial charge < -0.3 is 5.11 Å². The highest BCUT2D eigenvalue weighted by Crippen LogP contribution is 2.31. The summed E-state index contributed by atoms with van der Waals surface area (Å²) in [5.41, 5.74) is 2.76. The highest BCUT2D eigenvalue weighted by Gasteiger charge is 2.23. The molecule has 0 saturated carbocycles. The average molecular weight is 423 g/mol. The number of benzene rings is 2. The maximum absolute atomic E-state index is 13.0. The van der Waals surface area contributed by atoms with Crippen molar-refractivity contribution in [2.45, 2.75) is 6.92 Å². The van der Waals surface area contributed by atoms with Crippen LogP contribution in [0.4, 0.5) is 0 Å². The number of aryl methyl sites for hydroxylation is 1. The number of aromatic nitrogens is 2. The van der Waals surface area contributed by atoms with Gasteiger partial charge in [-0.1, -0.05) is 83.6 Å². The fourth-order valence-electron chi connectivity index (χ4n) is 3.06. The number of nitrogens with zero attached hydrogens (tertiary/aromatic N) is 2. The lowest BCUT2D eigenvalue weighted by molar-refractivity contribution is 0.0702. The van der Waals surface area contributed by atoms with Gasteiger partial charge in [-0.05, 0) is 24.1 Å². The summed E-state index contributed by atoms with van der Waals surface area (Å²) < 4.78 is 1.27. The molecule has 0 aliphatic carbocycles. The number of rotatable bonds is 4. The molecule has 2 aromatic heterocycles. The molecule has 29 heavy (non-hydrogen) atoms. The molecule has 0 spiro atoms. The number of aromatic carboxylic acids is 1. The van der Waals surface area contributed by atoms with Crippen molar-refractivity contribution in [2.75, 3.05) is 0 Å². The van der Waals surface area contributed by atoms with Gasteiger partial charge in [0.05, 0.1) is 11.4 Å². The summed E-state index contributed by atoms with van der Waals surface area (Å²) in [4.78, 5) is 29.6. The topological polar surface area (TPSA) is 71.7 Å². The highest BCUT2D eigenvalue weighted by atomic mass is 35.5. The molecular formula is C22H15ClN2O3S. The Bertz CT molecular complexity index is 1320. The first-order valence-corrected chi connectivity index (χ1v) is 9.94. The standard InChI is InChI=1S/C22H15ClN2O3S/c1-13-7-5-6-8-14(13)11-12-16-17(23)20(26)25-18(15-9-3-2-4-10-15)19(21(27)28)29-22(25)24-16/h2-12H,1H3,(H,27,28). The van der Waals surface area contributed by atoms with Crippen LogP contribution in [0.5, 0.6) is 0 Å². The van der Waals surface area contributed by atoms with Gasteiger partial charge in [0.2, 0.25) is 0 Å². The molecule has 144 valence electrons. The fraction of sp³-hybridized carbons (Fsp3) is 0.0455. The van der Waals surface area contributed by atoms with Crippen LogP contribution in [0.15, 0.2) is 59.4 Å². The number of carboxylic acid groups (broad SMARTS) is 1. The van der Waals surface area contributed by atoms with E-state index < -0.39 is 11.5 Å². The SMILES string of the molecule is Cc1ccccc1C=Cc1nc2sc(C(=O)O)c(-c3ccccc3)n2c(=O)c1Cl. The van der Waals surface area contributed by atoms with Crippen molar-refractivity contribution in [3.8, 4) is 11.3 Å². The largest absolute Gasteiger partial charge is 0.477 e. The van der Waals surface area contributed by atoms with Crippen molar-refractivity contribution >= 4 is 46.0 Å². The third-order valence-corrected chi connectivity index (χ3v) is 5.89. The molecular weight excluding hydrogens is 408 g/mol. The summed E-state index contributed by atoms with van der Waals surface area (Å²) in [5.74, 6) is -1.12. The minimum Gasteiger partial charge on any atom is -0.477 e. The van der Waals surface area contributed by atoms with Crippen molar-refractivity contribution in [2.24, 2.45) is 0 Å². The van der Waals surface area contributed by atoms with Crippen LogP contribution in [-0.2, 0) is 0 Å². The Hall–Kier alpha value is -3.22. The lowest BCUT2D eigenvalue weighted by Gasteiger charge is -2.05. The molecule has 0 radical (unpaired) electrons. The summed E-state index contributed by atoms with van der Waals surface area (Å²) in [6, 6.07) is 16.7. The molecule has 0 amide bonds. The van der Waals surface area contributed by atoms with E-state index in [0.29, 0.717) is 11.3 Å². The van der Waals surface area contributed by atoms with Crippen molar-refractivity contribution in [1.29, 1.82) is 0 Å². The van der Waals surface area contributed by atoms with Crippen LogP contribution in [0, 0.1) is 6.92 Å². The molecule has 5 nitrogen and oxygen atoms in total. The van der Waals surface area contributed by atoms with E-state index in [-0.39, 0.29) is 20.6 Å². The van der Waals surface area contributed by atoms with E-state index >= 15 is 0 Å². The molecule has 0 aliphatic rings. The first kappa shape index (κ1) is 19.1. The minimum absolute atomic E-state index is 0.0388. The lowest BCUT2D eigenvalue weighted by atomic mass is 10.1. The highest BCUT2D eigenvalue weighted by molar-refractivity contribution is 7.19. The Morgan fingerprint density at radius 2 is 1.79 bits per heavy atom. The number of hydrogen-bond acceptors (Lipinski definition) is 4. The number of carbonyl (C=O) groups is 1. The van der Waals surface area contributed by atoms with E-state index in [9.17, 15) is 14.7 Å². The molecule has 1 N–H and O–H groups in total. The maximum Gasteiger partial charge on any atom is 0.348 e. The van der Waals surface area contributed by atoms with Gasteiger partial charge in [-0.3, -0.25) is 4.79 Å². The van der Waals surface area contributed by atoms with E-state index in [4.69, 9.17) is 11.6 Å². The number of fused-ring (bicyclic) bond motifs is 1. The quantitative estimate of drug-likeness (QED) is 0.487. The van der Waals surface area contributed by atoms with Gasteiger partial charge in [-0.15, -0.1) is 0 Å². The second-order valence-corrected chi connectivity index (χ2v) is 7.73. The molecule has 0 atom stereocenters. The molecule has 0 saturated heterocycles. The van der Waals surface area contributed by atoms with Crippen molar-refractivity contribution in [1.82, 2.24) is 9.38 Å². The Morgan fingerprint density at radius 1 is 1.10 bits per heavy atom. The van der Waals surface area contributed by atoms with Crippen molar-refractivity contribution in [3.05, 3.63) is 91.7 Å². The molecule has 7 heteroatoms. The van der Waals surface area contributed by atoms with Gasteiger partial charge in [-0.2, -0.15) is 0 Å². The second-order valence-electron chi connectivity index (χ2n) is 6.38. The van der Waals surface area contributed by atoms with Crippen LogP contribution in [-0.4, -0.2) is 20.5 Å². The normalized spacial score (nSPS) is 11.4. The molecule has 2 heterocycles. The van der Waals surface area contributed by atoms with E-state index in [1.165, 1.54) is 4.40 Å². The second kappa shape index (κ2) is 7.66. The number of halogens is 1. The number of thiazole rings is 1. The van der Waals surface area contributed by atoms with Crippen molar-refractivity contribution in [3.63, 3.8) is 0 Å². The monoisotopic (exact) mass is 422 g/mol. The zero-order valence-electron chi connectivity index (χ0n) is 15.3. The van der Waals surface area contributed by atoms with E-state index in [1.54, 1.807) is 30.3 Å². The zero-order chi connectivity index (χ0) is 20.5. The minimum atomic E-state index is -1.12. The van der Waals surface area contributed by atoms with Crippen molar-refractivity contribution < 1.29 is 9.90 Å². The zero-order valence-corrected chi connectivity index (χ0v) is 16.9. The lowest BCUT2D eigenvalue weighted by Crippen LogP contribution is -2.17. The first-order chi connectivity index (χ1) is 14.0. The van der Waals surface area contributed by atoms with Crippen LogP contribution in [0.3, 0.4) is 0 Å². The molecule has 0 fully saturated rings. The maximum atomic E-state index is 13.0. The Kier molecular flexibility index (Phi) is 5.05. The van der Waals surface area contributed by atoms with Crippen LogP contribution in [0.1, 0.15) is 26.5 Å². The van der Waals surface area contributed by atoms with Gasteiger partial charge in [-0.25, -0.2) is 14.2 Å². The Balaban J connectivity index is 1.94. The predicted molar refractivity (Wildman–Crippen MR) is 117 cm³/mol. The average Bonchev–Trinajstić information content (AvgIpc) is 3.11. The van der Waals surface area contributed by atoms with Gasteiger partial charge >= 0.3 is 5.97 Å². The summed E-state index contributed by atoms with van der Waals surface area (Å²) in [6.45, 7) is 1.98. The van der Waals surface area contributed by atoms with Crippen LogP contribution in [0.2, 0.25) is 5.02 Å². The van der Waals surface area contributed by atoms with E-state index in [2.05, 4.69) is 4.98 Å². The summed E-state index contributed by atoms with van der Waals surface area (Å²) >= 11 is 7.29. The summed E-state index contributed by atoms with van der Waals surface area (Å²) in [5, 5.41) is 9.60. The van der Waals surface area contributed by atoms with Crippen LogP contribution < -0.4 is 5.56 Å². The number of carboxylic acids is 1. The smallest absolute Gasteiger partial charge is 0.348 e. The van der Waals surface area contributed by atoms with Gasteiger partial charge in [0.1, 0.15) is 9.90 Å². The van der Waals surface area contributed by atoms with Gasteiger partial charge in [0, 0.05) is 5.56 Å². The van der Waals surface area contributed by atoms with Gasteiger partial charge in [0.25, 0.3) is 5.56 Å². The van der Waals surface area contributed by atoms with Crippen LogP contribution in [0.25, 0.3) is 28.4 Å². The fourth-order valence-corrected chi connectivity index (χ4v) is 4.23. The Labute approximate surface area is 175 Å². The molecule has 0 unspecified atom stereocenters. The predicted octanol–water partition coefficient (Wildman–Crippen LogP) is 5.25. The van der Waals surface area contributed by atoms with Gasteiger partial charge in [0.15, 0.2) is 4.96 Å². The molecule has 4 rings (SSSR count). The molecule has 2 aromatic carbocycles. The third kappa shape index (κ3) is 3.48. The van der Waals surface area contributed by atoms with E-state index in [0.717, 1.165) is 22.5 Å².